The molecule has 6 heteroatoms. The topological polar surface area (TPSA) is 75.6 Å². The Morgan fingerprint density at radius 1 is 1.00 bits per heavy atom. The van der Waals surface area contributed by atoms with Gasteiger partial charge in [0.25, 0.3) is 0 Å². The summed E-state index contributed by atoms with van der Waals surface area (Å²) in [5.74, 6) is -1.62. The number of carbonyl (C=O) groups excluding carboxylic acids is 1. The van der Waals surface area contributed by atoms with Crippen LogP contribution in [0.2, 0.25) is 0 Å². The number of carboxylic acid groups (broad SMARTS) is 1. The fourth-order valence-corrected chi connectivity index (χ4v) is 4.57. The lowest BCUT2D eigenvalue weighted by atomic mass is 9.93. The Morgan fingerprint density at radius 2 is 1.61 bits per heavy atom. The number of carbonyl (C=O) groups is 2. The number of hydrogen-bond donors (Lipinski definition) is 2. The maximum Gasteiger partial charge on any atom is 0.407 e. The van der Waals surface area contributed by atoms with Crippen molar-refractivity contribution in [2.45, 2.75) is 24.8 Å². The molecule has 0 aromatic heterocycles. The molecule has 31 heavy (non-hydrogen) atoms. The van der Waals surface area contributed by atoms with Gasteiger partial charge < -0.3 is 15.2 Å². The van der Waals surface area contributed by atoms with Crippen molar-refractivity contribution in [3.05, 3.63) is 94.0 Å². The second-order valence-electron chi connectivity index (χ2n) is 7.63. The minimum Gasteiger partial charge on any atom is -0.480 e. The van der Waals surface area contributed by atoms with E-state index in [1.54, 1.807) is 6.92 Å². The van der Waals surface area contributed by atoms with E-state index in [0.29, 0.717) is 0 Å². The van der Waals surface area contributed by atoms with Gasteiger partial charge in [0.15, 0.2) is 0 Å². The van der Waals surface area contributed by atoms with Crippen LogP contribution < -0.4 is 5.32 Å². The third kappa shape index (κ3) is 4.35. The van der Waals surface area contributed by atoms with Crippen molar-refractivity contribution in [1.82, 2.24) is 5.32 Å². The predicted octanol–water partition coefficient (Wildman–Crippen LogP) is 5.54. The quantitative estimate of drug-likeness (QED) is 0.486. The molecule has 3 aromatic rings. The Kier molecular flexibility index (Phi) is 6.09. The lowest BCUT2D eigenvalue weighted by Crippen LogP contribution is -2.44. The van der Waals surface area contributed by atoms with Crippen LogP contribution in [0.5, 0.6) is 0 Å². The zero-order valence-electron chi connectivity index (χ0n) is 16.9. The number of rotatable bonds is 6. The summed E-state index contributed by atoms with van der Waals surface area (Å²) < 4.78 is 6.36. The first kappa shape index (κ1) is 21.1. The highest BCUT2D eigenvalue weighted by atomic mass is 79.9. The monoisotopic (exact) mass is 479 g/mol. The first-order valence-electron chi connectivity index (χ1n) is 10.1. The van der Waals surface area contributed by atoms with Gasteiger partial charge in [-0.25, -0.2) is 9.59 Å². The Morgan fingerprint density at radius 3 is 2.19 bits per heavy atom. The number of halogens is 1. The van der Waals surface area contributed by atoms with Gasteiger partial charge in [0, 0.05) is 16.3 Å². The van der Waals surface area contributed by atoms with Gasteiger partial charge >= 0.3 is 12.1 Å². The summed E-state index contributed by atoms with van der Waals surface area (Å²) >= 11 is 3.40. The van der Waals surface area contributed by atoms with Crippen LogP contribution >= 0.6 is 15.9 Å². The van der Waals surface area contributed by atoms with Gasteiger partial charge in [-0.2, -0.15) is 0 Å². The Balaban J connectivity index is 1.47. The third-order valence-corrected chi connectivity index (χ3v) is 6.25. The molecule has 0 saturated carbocycles. The Bertz CT molecular complexity index is 1080. The van der Waals surface area contributed by atoms with Crippen LogP contribution in [0.3, 0.4) is 0 Å². The van der Waals surface area contributed by atoms with E-state index in [0.717, 1.165) is 32.3 Å². The van der Waals surface area contributed by atoms with Gasteiger partial charge in [-0.3, -0.25) is 0 Å². The maximum absolute atomic E-state index is 12.5. The normalized spacial score (nSPS) is 14.3. The highest BCUT2D eigenvalue weighted by Gasteiger charge is 2.31. The highest BCUT2D eigenvalue weighted by molar-refractivity contribution is 9.10. The summed E-state index contributed by atoms with van der Waals surface area (Å²) in [5.41, 5.74) is 5.29. The van der Waals surface area contributed by atoms with E-state index < -0.39 is 24.0 Å². The zero-order chi connectivity index (χ0) is 22.0. The SMILES string of the molecule is CC(c1cccc(Br)c1)C(NC(=O)OCC1c2ccccc2-c2ccccc21)C(=O)O. The van der Waals surface area contributed by atoms with E-state index in [4.69, 9.17) is 4.74 Å². The maximum atomic E-state index is 12.5. The Hall–Kier alpha value is -3.12. The number of aliphatic carboxylic acids is 1. The van der Waals surface area contributed by atoms with Crippen molar-refractivity contribution in [3.63, 3.8) is 0 Å². The summed E-state index contributed by atoms with van der Waals surface area (Å²) in [6.45, 7) is 1.90. The molecule has 0 heterocycles. The van der Waals surface area contributed by atoms with Crippen LogP contribution in [-0.4, -0.2) is 29.8 Å². The van der Waals surface area contributed by atoms with Crippen LogP contribution in [0.1, 0.15) is 35.4 Å². The third-order valence-electron chi connectivity index (χ3n) is 5.76. The largest absolute Gasteiger partial charge is 0.480 e. The van der Waals surface area contributed by atoms with Crippen LogP contribution in [0.25, 0.3) is 11.1 Å². The van der Waals surface area contributed by atoms with E-state index in [9.17, 15) is 14.7 Å². The standard InChI is InChI=1S/C25H22BrNO4/c1-15(16-7-6-8-17(26)13-16)23(24(28)29)27-25(30)31-14-22-20-11-4-2-9-18(20)19-10-3-5-12-21(19)22/h2-13,15,22-23H,14H2,1H3,(H,27,30)(H,28,29). The Labute approximate surface area is 189 Å². The molecule has 2 atom stereocenters. The molecule has 0 saturated heterocycles. The average molecular weight is 480 g/mol. The fraction of sp³-hybridized carbons (Fsp3) is 0.200. The number of fused-ring (bicyclic) bond motifs is 3. The number of ether oxygens (including phenoxy) is 1. The van der Waals surface area contributed by atoms with Crippen LogP contribution in [0.15, 0.2) is 77.3 Å². The summed E-state index contributed by atoms with van der Waals surface area (Å²) in [7, 11) is 0. The fourth-order valence-electron chi connectivity index (χ4n) is 4.15. The van der Waals surface area contributed by atoms with E-state index in [2.05, 4.69) is 33.4 Å². The molecule has 1 aliphatic carbocycles. The molecule has 4 rings (SSSR count). The molecule has 5 nitrogen and oxygen atoms in total. The molecule has 0 radical (unpaired) electrons. The summed E-state index contributed by atoms with van der Waals surface area (Å²) in [5, 5.41) is 12.2. The first-order valence-corrected chi connectivity index (χ1v) is 10.8. The molecule has 1 aliphatic rings. The molecular weight excluding hydrogens is 458 g/mol. The number of alkyl carbamates (subject to hydrolysis) is 1. The van der Waals surface area contributed by atoms with Gasteiger partial charge in [-0.05, 0) is 39.9 Å². The van der Waals surface area contributed by atoms with Gasteiger partial charge in [0.2, 0.25) is 0 Å². The van der Waals surface area contributed by atoms with Crippen molar-refractivity contribution in [3.8, 4) is 11.1 Å². The molecule has 0 bridgehead atoms. The zero-order valence-corrected chi connectivity index (χ0v) is 18.5. The van der Waals surface area contributed by atoms with Gasteiger partial charge in [-0.1, -0.05) is 83.5 Å². The van der Waals surface area contributed by atoms with Gasteiger partial charge in [-0.15, -0.1) is 0 Å². The second kappa shape index (κ2) is 8.94. The highest BCUT2D eigenvalue weighted by Crippen LogP contribution is 2.44. The number of amides is 1. The van der Waals surface area contributed by atoms with E-state index in [-0.39, 0.29) is 12.5 Å². The molecule has 2 N–H and O–H groups in total. The van der Waals surface area contributed by atoms with Crippen molar-refractivity contribution in [1.29, 1.82) is 0 Å². The molecule has 2 unspecified atom stereocenters. The van der Waals surface area contributed by atoms with E-state index >= 15 is 0 Å². The molecule has 1 amide bonds. The van der Waals surface area contributed by atoms with Crippen LogP contribution in [-0.2, 0) is 9.53 Å². The summed E-state index contributed by atoms with van der Waals surface area (Å²) in [6.07, 6.45) is -0.740. The predicted molar refractivity (Wildman–Crippen MR) is 122 cm³/mol. The minimum atomic E-state index is -1.11. The lowest BCUT2D eigenvalue weighted by Gasteiger charge is -2.22. The van der Waals surface area contributed by atoms with Crippen molar-refractivity contribution < 1.29 is 19.4 Å². The molecule has 158 valence electrons. The van der Waals surface area contributed by atoms with Crippen molar-refractivity contribution >= 4 is 28.0 Å². The minimum absolute atomic E-state index is 0.0797. The van der Waals surface area contributed by atoms with Crippen molar-refractivity contribution in [2.24, 2.45) is 0 Å². The van der Waals surface area contributed by atoms with Gasteiger partial charge in [0.1, 0.15) is 12.6 Å². The van der Waals surface area contributed by atoms with Crippen LogP contribution in [0.4, 0.5) is 4.79 Å². The number of benzene rings is 3. The van der Waals surface area contributed by atoms with Gasteiger partial charge in [0.05, 0.1) is 0 Å². The summed E-state index contributed by atoms with van der Waals surface area (Å²) in [4.78, 5) is 24.4. The second-order valence-corrected chi connectivity index (χ2v) is 8.55. The van der Waals surface area contributed by atoms with Crippen LogP contribution in [0, 0.1) is 0 Å². The number of nitrogens with one attached hydrogen (secondary N) is 1. The molecule has 0 aliphatic heterocycles. The molecular formula is C25H22BrNO4. The first-order chi connectivity index (χ1) is 15.0. The molecule has 3 aromatic carbocycles. The van der Waals surface area contributed by atoms with E-state index in [1.165, 1.54) is 0 Å². The lowest BCUT2D eigenvalue weighted by molar-refractivity contribution is -0.139. The number of carboxylic acids is 1. The number of hydrogen-bond acceptors (Lipinski definition) is 3. The van der Waals surface area contributed by atoms with Crippen molar-refractivity contribution in [2.75, 3.05) is 6.61 Å². The van der Waals surface area contributed by atoms with E-state index in [1.807, 2.05) is 60.7 Å². The smallest absolute Gasteiger partial charge is 0.407 e. The average Bonchev–Trinajstić information content (AvgIpc) is 3.09. The molecule has 0 fully saturated rings. The molecule has 0 spiro atoms. The summed E-state index contributed by atoms with van der Waals surface area (Å²) in [6, 6.07) is 22.4.